The van der Waals surface area contributed by atoms with Gasteiger partial charge in [-0.05, 0) is 19.8 Å². The van der Waals surface area contributed by atoms with Crippen LogP contribution in [0.3, 0.4) is 0 Å². The van der Waals surface area contributed by atoms with E-state index in [1.165, 1.54) is 0 Å². The molecule has 2 unspecified atom stereocenters. The van der Waals surface area contributed by atoms with E-state index in [4.69, 9.17) is 14.9 Å². The topological polar surface area (TPSA) is 125 Å². The maximum Gasteiger partial charge on any atom is 0.326 e. The third-order valence-electron chi connectivity index (χ3n) is 2.84. The van der Waals surface area contributed by atoms with Crippen molar-refractivity contribution >= 4 is 18.0 Å². The van der Waals surface area contributed by atoms with Crippen molar-refractivity contribution < 1.29 is 29.3 Å². The van der Waals surface area contributed by atoms with E-state index in [0.29, 0.717) is 13.2 Å². The highest BCUT2D eigenvalue weighted by molar-refractivity contribution is 5.86. The van der Waals surface area contributed by atoms with Gasteiger partial charge in [-0.3, -0.25) is 4.79 Å². The Morgan fingerprint density at radius 1 is 1.37 bits per heavy atom. The van der Waals surface area contributed by atoms with Crippen molar-refractivity contribution in [2.45, 2.75) is 37.8 Å². The second-order valence-corrected chi connectivity index (χ2v) is 4.80. The Balaban J connectivity index is 2.52. The van der Waals surface area contributed by atoms with Gasteiger partial charge in [0.05, 0.1) is 18.6 Å². The second kappa shape index (κ2) is 6.37. The average Bonchev–Trinajstić information content (AvgIpc) is 2.27. The highest BCUT2D eigenvalue weighted by Gasteiger charge is 2.31. The van der Waals surface area contributed by atoms with Crippen LogP contribution >= 0.6 is 0 Å². The molecule has 0 aliphatic carbocycles. The number of aliphatic carboxylic acids is 2. The molecule has 8 nitrogen and oxygen atoms in total. The Morgan fingerprint density at radius 2 is 2.05 bits per heavy atom. The first-order valence-corrected chi connectivity index (χ1v) is 5.93. The minimum atomic E-state index is -1.45. The molecule has 1 fully saturated rings. The van der Waals surface area contributed by atoms with Gasteiger partial charge in [-0.1, -0.05) is 0 Å². The molecular formula is C11H18N2O6. The largest absolute Gasteiger partial charge is 0.481 e. The van der Waals surface area contributed by atoms with Gasteiger partial charge in [-0.25, -0.2) is 9.59 Å². The lowest BCUT2D eigenvalue weighted by Gasteiger charge is -2.34. The predicted molar refractivity (Wildman–Crippen MR) is 63.8 cm³/mol. The van der Waals surface area contributed by atoms with Gasteiger partial charge in [0.25, 0.3) is 0 Å². The number of rotatable bonds is 5. The quantitative estimate of drug-likeness (QED) is 0.549. The van der Waals surface area contributed by atoms with Gasteiger partial charge >= 0.3 is 18.0 Å². The van der Waals surface area contributed by atoms with Crippen LogP contribution in [0.25, 0.3) is 0 Å². The number of carbonyl (C=O) groups excluding carboxylic acids is 1. The van der Waals surface area contributed by atoms with Crippen LogP contribution in [-0.2, 0) is 14.3 Å². The summed E-state index contributed by atoms with van der Waals surface area (Å²) < 4.78 is 5.25. The number of carbonyl (C=O) groups is 3. The zero-order chi connectivity index (χ0) is 14.5. The van der Waals surface area contributed by atoms with Crippen LogP contribution in [0.4, 0.5) is 4.79 Å². The van der Waals surface area contributed by atoms with E-state index in [2.05, 4.69) is 10.6 Å². The van der Waals surface area contributed by atoms with Crippen LogP contribution in [-0.4, -0.2) is 53.0 Å². The number of amides is 2. The zero-order valence-corrected chi connectivity index (χ0v) is 10.6. The fourth-order valence-corrected chi connectivity index (χ4v) is 1.88. The Morgan fingerprint density at radius 3 is 2.53 bits per heavy atom. The van der Waals surface area contributed by atoms with E-state index in [1.807, 2.05) is 0 Å². The zero-order valence-electron chi connectivity index (χ0n) is 10.6. The van der Waals surface area contributed by atoms with Crippen LogP contribution in [0.1, 0.15) is 26.2 Å². The lowest BCUT2D eigenvalue weighted by Crippen LogP contribution is -2.57. The van der Waals surface area contributed by atoms with E-state index in [9.17, 15) is 14.4 Å². The van der Waals surface area contributed by atoms with Crippen molar-refractivity contribution in [3.63, 3.8) is 0 Å². The average molecular weight is 274 g/mol. The fraction of sp³-hybridized carbons (Fsp3) is 0.727. The summed E-state index contributed by atoms with van der Waals surface area (Å²) in [6.45, 7) is 2.77. The van der Waals surface area contributed by atoms with Crippen LogP contribution in [0, 0.1) is 0 Å². The second-order valence-electron chi connectivity index (χ2n) is 4.80. The molecule has 2 atom stereocenters. The summed E-state index contributed by atoms with van der Waals surface area (Å²) in [4.78, 5) is 33.0. The first-order chi connectivity index (χ1) is 8.82. The van der Waals surface area contributed by atoms with E-state index >= 15 is 0 Å². The first kappa shape index (κ1) is 15.2. The molecule has 1 aliphatic rings. The fourth-order valence-electron chi connectivity index (χ4n) is 1.88. The molecule has 0 aromatic heterocycles. The third kappa shape index (κ3) is 5.12. The Kier molecular flexibility index (Phi) is 5.11. The van der Waals surface area contributed by atoms with E-state index in [1.54, 1.807) is 6.92 Å². The molecule has 0 spiro atoms. The molecular weight excluding hydrogens is 256 g/mol. The highest BCUT2D eigenvalue weighted by atomic mass is 16.5. The first-order valence-electron chi connectivity index (χ1n) is 5.93. The van der Waals surface area contributed by atoms with Crippen molar-refractivity contribution in [2.24, 2.45) is 0 Å². The smallest absolute Gasteiger partial charge is 0.326 e. The molecule has 0 aromatic carbocycles. The Bertz CT molecular complexity index is 364. The minimum Gasteiger partial charge on any atom is -0.481 e. The monoisotopic (exact) mass is 274 g/mol. The van der Waals surface area contributed by atoms with Crippen molar-refractivity contribution in [2.75, 3.05) is 13.2 Å². The summed E-state index contributed by atoms with van der Waals surface area (Å²) in [6.07, 6.45) is 0.849. The summed E-state index contributed by atoms with van der Waals surface area (Å²) in [5, 5.41) is 22.1. The lowest BCUT2D eigenvalue weighted by atomic mass is 9.95. The number of carboxylic acids is 2. The van der Waals surface area contributed by atoms with Crippen molar-refractivity contribution in [3.8, 4) is 0 Å². The third-order valence-corrected chi connectivity index (χ3v) is 2.84. The summed E-state index contributed by atoms with van der Waals surface area (Å²) in [5.74, 6) is -2.68. The Labute approximate surface area is 110 Å². The van der Waals surface area contributed by atoms with Crippen molar-refractivity contribution in [3.05, 3.63) is 0 Å². The summed E-state index contributed by atoms with van der Waals surface area (Å²) >= 11 is 0. The van der Waals surface area contributed by atoms with Gasteiger partial charge in [0.15, 0.2) is 0 Å². The van der Waals surface area contributed by atoms with E-state index < -0.39 is 36.0 Å². The van der Waals surface area contributed by atoms with Crippen molar-refractivity contribution in [1.29, 1.82) is 0 Å². The standard InChI is InChI=1S/C11H18N2O6/c1-11(3-2-4-19-6-11)13-10(18)12-7(9(16)17)5-8(14)15/h7H,2-6H2,1H3,(H,14,15)(H,16,17)(H2,12,13,18). The van der Waals surface area contributed by atoms with Crippen LogP contribution in [0.15, 0.2) is 0 Å². The van der Waals surface area contributed by atoms with Gasteiger partial charge < -0.3 is 25.6 Å². The molecule has 1 rings (SSSR count). The molecule has 2 amide bonds. The molecule has 4 N–H and O–H groups in total. The number of carboxylic acid groups (broad SMARTS) is 2. The number of urea groups is 1. The van der Waals surface area contributed by atoms with Gasteiger partial charge in [-0.2, -0.15) is 0 Å². The molecule has 108 valence electrons. The van der Waals surface area contributed by atoms with Crippen LogP contribution in [0.2, 0.25) is 0 Å². The number of hydrogen-bond donors (Lipinski definition) is 4. The summed E-state index contributed by atoms with van der Waals surface area (Å²) in [6, 6.07) is -2.16. The molecule has 8 heteroatoms. The molecule has 0 bridgehead atoms. The highest BCUT2D eigenvalue weighted by Crippen LogP contribution is 2.17. The van der Waals surface area contributed by atoms with E-state index in [0.717, 1.165) is 12.8 Å². The molecule has 0 radical (unpaired) electrons. The van der Waals surface area contributed by atoms with Crippen molar-refractivity contribution in [1.82, 2.24) is 10.6 Å². The minimum absolute atomic E-state index is 0.344. The molecule has 1 aliphatic heterocycles. The maximum absolute atomic E-state index is 11.7. The molecule has 19 heavy (non-hydrogen) atoms. The Hall–Kier alpha value is -1.83. The summed E-state index contributed by atoms with van der Waals surface area (Å²) in [7, 11) is 0. The number of nitrogens with one attached hydrogen (secondary N) is 2. The van der Waals surface area contributed by atoms with Crippen LogP contribution in [0.5, 0.6) is 0 Å². The SMILES string of the molecule is CC1(NC(=O)NC(CC(=O)O)C(=O)O)CCCOC1. The summed E-state index contributed by atoms with van der Waals surface area (Å²) in [5.41, 5.74) is -0.561. The molecule has 1 saturated heterocycles. The van der Waals surface area contributed by atoms with Gasteiger partial charge in [-0.15, -0.1) is 0 Å². The van der Waals surface area contributed by atoms with Gasteiger partial charge in [0.2, 0.25) is 0 Å². The molecule has 0 saturated carbocycles. The maximum atomic E-state index is 11.7. The van der Waals surface area contributed by atoms with Gasteiger partial charge in [0, 0.05) is 6.61 Å². The lowest BCUT2D eigenvalue weighted by molar-refractivity contribution is -0.145. The van der Waals surface area contributed by atoms with Crippen LogP contribution < -0.4 is 10.6 Å². The normalized spacial score (nSPS) is 24.3. The number of ether oxygens (including phenoxy) is 1. The van der Waals surface area contributed by atoms with Gasteiger partial charge in [0.1, 0.15) is 6.04 Å². The number of hydrogen-bond acceptors (Lipinski definition) is 4. The predicted octanol–water partition coefficient (Wildman–Crippen LogP) is -0.217. The molecule has 0 aromatic rings. The molecule has 1 heterocycles. The van der Waals surface area contributed by atoms with E-state index in [-0.39, 0.29) is 0 Å².